The van der Waals surface area contributed by atoms with Gasteiger partial charge in [0.1, 0.15) is 13.2 Å². The van der Waals surface area contributed by atoms with Gasteiger partial charge in [-0.3, -0.25) is 14.4 Å². The Kier molecular flexibility index (Phi) is 56.8. The van der Waals surface area contributed by atoms with E-state index < -0.39 is 6.10 Å². The van der Waals surface area contributed by atoms with Crippen LogP contribution in [0, 0.1) is 0 Å². The summed E-state index contributed by atoms with van der Waals surface area (Å²) in [5, 5.41) is 0. The first-order valence-electron chi connectivity index (χ1n) is 30.4. The minimum atomic E-state index is -0.782. The van der Waals surface area contributed by atoms with Crippen molar-refractivity contribution in [3.05, 3.63) is 72.9 Å². The molecule has 0 aromatic carbocycles. The van der Waals surface area contributed by atoms with E-state index >= 15 is 0 Å². The van der Waals surface area contributed by atoms with Crippen molar-refractivity contribution in [2.45, 2.75) is 309 Å². The Balaban J connectivity index is 4.37. The van der Waals surface area contributed by atoms with Gasteiger partial charge < -0.3 is 14.2 Å². The van der Waals surface area contributed by atoms with Gasteiger partial charge in [0.15, 0.2) is 6.10 Å². The third-order valence-corrected chi connectivity index (χ3v) is 13.2. The molecule has 0 rings (SSSR count). The van der Waals surface area contributed by atoms with Crippen molar-refractivity contribution in [1.29, 1.82) is 0 Å². The average molecular weight is 992 g/mol. The number of ether oxygens (including phenoxy) is 3. The molecule has 71 heavy (non-hydrogen) atoms. The van der Waals surface area contributed by atoms with E-state index in [1.807, 2.05) is 0 Å². The van der Waals surface area contributed by atoms with Crippen LogP contribution in [0.5, 0.6) is 0 Å². The Morgan fingerprint density at radius 2 is 0.549 bits per heavy atom. The van der Waals surface area contributed by atoms with Gasteiger partial charge in [-0.2, -0.15) is 0 Å². The molecule has 0 saturated heterocycles. The third-order valence-electron chi connectivity index (χ3n) is 13.2. The summed E-state index contributed by atoms with van der Waals surface area (Å²) in [6.07, 6.45) is 76.0. The molecule has 0 saturated carbocycles. The smallest absolute Gasteiger partial charge is 0.306 e. The summed E-state index contributed by atoms with van der Waals surface area (Å²) >= 11 is 0. The molecule has 0 spiro atoms. The van der Waals surface area contributed by atoms with Crippen LogP contribution in [0.15, 0.2) is 72.9 Å². The predicted octanol–water partition coefficient (Wildman–Crippen LogP) is 20.5. The highest BCUT2D eigenvalue weighted by atomic mass is 16.6. The lowest BCUT2D eigenvalue weighted by molar-refractivity contribution is -0.167. The number of carbonyl (C=O) groups is 3. The Morgan fingerprint density at radius 1 is 0.296 bits per heavy atom. The maximum absolute atomic E-state index is 12.9. The zero-order chi connectivity index (χ0) is 51.4. The van der Waals surface area contributed by atoms with Crippen LogP contribution in [-0.4, -0.2) is 37.2 Å². The van der Waals surface area contributed by atoms with Gasteiger partial charge in [-0.25, -0.2) is 0 Å². The number of carbonyl (C=O) groups excluding carboxylic acids is 3. The van der Waals surface area contributed by atoms with E-state index in [2.05, 4.69) is 93.7 Å². The fourth-order valence-corrected chi connectivity index (χ4v) is 8.64. The first kappa shape index (κ1) is 67.8. The Labute approximate surface area is 440 Å². The lowest BCUT2D eigenvalue weighted by Gasteiger charge is -2.18. The van der Waals surface area contributed by atoms with Crippen LogP contribution in [0.25, 0.3) is 0 Å². The number of hydrogen-bond donors (Lipinski definition) is 0. The standard InChI is InChI=1S/C65H114O6/c1-4-7-10-13-16-19-22-25-28-30-31-32-33-35-37-40-43-46-49-52-55-58-64(67)70-61-62(60-69-63(66)57-54-51-48-45-42-39-36-27-24-21-18-15-12-9-6-3)71-65(68)59-56-53-50-47-44-41-38-34-29-26-23-20-17-14-11-8-5-2/h7,10,16-17,19-20,25-26,28-29,31-32,62H,4-6,8-9,11-15,18,21-24,27,30,33-61H2,1-3H3/b10-7-,19-16-,20-17-,28-25-,29-26-,32-31-. The molecular weight excluding hydrogens is 877 g/mol. The van der Waals surface area contributed by atoms with Gasteiger partial charge in [-0.05, 0) is 89.9 Å². The highest BCUT2D eigenvalue weighted by Crippen LogP contribution is 2.16. The van der Waals surface area contributed by atoms with E-state index in [0.29, 0.717) is 19.3 Å². The second-order valence-corrected chi connectivity index (χ2v) is 20.2. The molecule has 6 nitrogen and oxygen atoms in total. The van der Waals surface area contributed by atoms with Crippen molar-refractivity contribution in [3.8, 4) is 0 Å². The van der Waals surface area contributed by atoms with Crippen LogP contribution in [0.3, 0.4) is 0 Å². The molecule has 0 aliphatic carbocycles. The first-order chi connectivity index (χ1) is 35.0. The van der Waals surface area contributed by atoms with Gasteiger partial charge in [0.2, 0.25) is 0 Å². The maximum atomic E-state index is 12.9. The van der Waals surface area contributed by atoms with Gasteiger partial charge in [-0.1, -0.05) is 267 Å². The molecule has 410 valence electrons. The molecule has 0 amide bonds. The van der Waals surface area contributed by atoms with Crippen LogP contribution < -0.4 is 0 Å². The summed E-state index contributed by atoms with van der Waals surface area (Å²) in [5.74, 6) is -0.881. The largest absolute Gasteiger partial charge is 0.462 e. The minimum absolute atomic E-state index is 0.0784. The summed E-state index contributed by atoms with van der Waals surface area (Å²) < 4.78 is 16.9. The van der Waals surface area contributed by atoms with E-state index in [0.717, 1.165) is 103 Å². The second kappa shape index (κ2) is 59.4. The number of allylic oxidation sites excluding steroid dienone is 12. The lowest BCUT2D eigenvalue weighted by atomic mass is 10.0. The molecule has 0 aromatic rings. The summed E-state index contributed by atoms with van der Waals surface area (Å²) in [5.41, 5.74) is 0. The third kappa shape index (κ3) is 57.6. The second-order valence-electron chi connectivity index (χ2n) is 20.2. The normalized spacial score (nSPS) is 12.5. The lowest BCUT2D eigenvalue weighted by Crippen LogP contribution is -2.30. The maximum Gasteiger partial charge on any atom is 0.306 e. The molecule has 0 N–H and O–H groups in total. The summed E-state index contributed by atoms with van der Waals surface area (Å²) in [6, 6.07) is 0. The molecule has 0 fully saturated rings. The van der Waals surface area contributed by atoms with Gasteiger partial charge in [0.05, 0.1) is 0 Å². The van der Waals surface area contributed by atoms with E-state index in [4.69, 9.17) is 14.2 Å². The van der Waals surface area contributed by atoms with Crippen molar-refractivity contribution in [3.63, 3.8) is 0 Å². The number of unbranched alkanes of at least 4 members (excludes halogenated alkanes) is 32. The summed E-state index contributed by atoms with van der Waals surface area (Å²) in [7, 11) is 0. The molecule has 0 aliphatic rings. The molecule has 0 aromatic heterocycles. The number of esters is 3. The SMILES string of the molecule is CC/C=C\C/C=C\C/C=C\C/C=C\CCCCCCCCCCC(=O)OCC(COC(=O)CCCCCCCCCCCCCCCCC)OC(=O)CCCCCCCCC/C=C\C/C=C\CCCCC. The number of hydrogen-bond acceptors (Lipinski definition) is 6. The number of rotatable bonds is 55. The molecule has 1 atom stereocenters. The quantitative estimate of drug-likeness (QED) is 0.0261. The van der Waals surface area contributed by atoms with Crippen molar-refractivity contribution < 1.29 is 28.6 Å². The van der Waals surface area contributed by atoms with Crippen LogP contribution in [-0.2, 0) is 28.6 Å². The zero-order valence-corrected chi connectivity index (χ0v) is 47.0. The van der Waals surface area contributed by atoms with Crippen LogP contribution in [0.1, 0.15) is 303 Å². The average Bonchev–Trinajstić information content (AvgIpc) is 3.37. The summed E-state index contributed by atoms with van der Waals surface area (Å²) in [4.78, 5) is 38.3. The molecule has 0 radical (unpaired) electrons. The Hall–Kier alpha value is -3.15. The molecular formula is C65H114O6. The van der Waals surface area contributed by atoms with E-state index in [1.165, 1.54) is 161 Å². The fourth-order valence-electron chi connectivity index (χ4n) is 8.64. The predicted molar refractivity (Wildman–Crippen MR) is 307 cm³/mol. The van der Waals surface area contributed by atoms with Crippen LogP contribution >= 0.6 is 0 Å². The van der Waals surface area contributed by atoms with Gasteiger partial charge in [-0.15, -0.1) is 0 Å². The van der Waals surface area contributed by atoms with Crippen LogP contribution in [0.4, 0.5) is 0 Å². The minimum Gasteiger partial charge on any atom is -0.462 e. The van der Waals surface area contributed by atoms with E-state index in [-0.39, 0.29) is 31.1 Å². The molecule has 0 bridgehead atoms. The van der Waals surface area contributed by atoms with E-state index in [9.17, 15) is 14.4 Å². The molecule has 0 heterocycles. The first-order valence-corrected chi connectivity index (χ1v) is 30.4. The van der Waals surface area contributed by atoms with Crippen molar-refractivity contribution in [2.24, 2.45) is 0 Å². The van der Waals surface area contributed by atoms with Crippen molar-refractivity contribution >= 4 is 17.9 Å². The highest BCUT2D eigenvalue weighted by molar-refractivity contribution is 5.71. The molecule has 1 unspecified atom stereocenters. The summed E-state index contributed by atoms with van der Waals surface area (Å²) in [6.45, 7) is 6.52. The highest BCUT2D eigenvalue weighted by Gasteiger charge is 2.19. The van der Waals surface area contributed by atoms with Crippen LogP contribution in [0.2, 0.25) is 0 Å². The van der Waals surface area contributed by atoms with Crippen molar-refractivity contribution in [1.82, 2.24) is 0 Å². The van der Waals surface area contributed by atoms with Gasteiger partial charge in [0.25, 0.3) is 0 Å². The zero-order valence-electron chi connectivity index (χ0n) is 47.0. The topological polar surface area (TPSA) is 78.9 Å². The van der Waals surface area contributed by atoms with Gasteiger partial charge >= 0.3 is 17.9 Å². The molecule has 0 aliphatic heterocycles. The Morgan fingerprint density at radius 3 is 0.887 bits per heavy atom. The van der Waals surface area contributed by atoms with Crippen molar-refractivity contribution in [2.75, 3.05) is 13.2 Å². The Bertz CT molecular complexity index is 1320. The van der Waals surface area contributed by atoms with Gasteiger partial charge in [0, 0.05) is 19.3 Å². The molecule has 6 heteroatoms. The van der Waals surface area contributed by atoms with E-state index in [1.54, 1.807) is 0 Å². The fraction of sp³-hybridized carbons (Fsp3) is 0.769. The monoisotopic (exact) mass is 991 g/mol.